The normalized spacial score (nSPS) is 13.9. The molecule has 0 bridgehead atoms. The number of benzene rings is 3. The number of fused-ring (bicyclic) bond motifs is 1. The predicted molar refractivity (Wildman–Crippen MR) is 138 cm³/mol. The number of nitrogens with zero attached hydrogens (tertiary/aromatic N) is 1. The zero-order chi connectivity index (χ0) is 24.6. The van der Waals surface area contributed by atoms with Crippen molar-refractivity contribution in [2.75, 3.05) is 24.7 Å². The maximum atomic E-state index is 13.4. The summed E-state index contributed by atoms with van der Waals surface area (Å²) in [5.74, 6) is 0.435. The largest absolute Gasteiger partial charge is 0.449 e. The van der Waals surface area contributed by atoms with Crippen molar-refractivity contribution >= 4 is 35.2 Å². The van der Waals surface area contributed by atoms with Crippen LogP contribution in [0.15, 0.2) is 78.6 Å². The van der Waals surface area contributed by atoms with Crippen LogP contribution in [-0.2, 0) is 16.1 Å². The molecule has 4 rings (SSSR count). The van der Waals surface area contributed by atoms with Crippen molar-refractivity contribution in [3.8, 4) is 5.75 Å². The summed E-state index contributed by atoms with van der Waals surface area (Å²) in [4.78, 5) is 27.4. The molecule has 0 atom stereocenters. The molecular weight excluding hydrogens is 464 g/mol. The van der Waals surface area contributed by atoms with E-state index in [0.717, 1.165) is 17.5 Å². The molecule has 0 spiro atoms. The zero-order valence-electron chi connectivity index (χ0n) is 19.5. The predicted octanol–water partition coefficient (Wildman–Crippen LogP) is 5.46. The number of hydrogen-bond acceptors (Lipinski definition) is 4. The molecule has 0 saturated carbocycles. The summed E-state index contributed by atoms with van der Waals surface area (Å²) in [7, 11) is 0. The van der Waals surface area contributed by atoms with E-state index in [2.05, 4.69) is 5.32 Å². The first-order valence-electron chi connectivity index (χ1n) is 11.6. The molecule has 7 heteroatoms. The van der Waals surface area contributed by atoms with Gasteiger partial charge in [0.1, 0.15) is 0 Å². The number of nitrogens with one attached hydrogen (secondary N) is 1. The highest BCUT2D eigenvalue weighted by Gasteiger charge is 2.30. The van der Waals surface area contributed by atoms with Crippen molar-refractivity contribution in [1.29, 1.82) is 0 Å². The van der Waals surface area contributed by atoms with Crippen LogP contribution in [0.25, 0.3) is 6.08 Å². The Kier molecular flexibility index (Phi) is 8.19. The van der Waals surface area contributed by atoms with Crippen molar-refractivity contribution in [1.82, 2.24) is 5.32 Å². The Hall–Kier alpha value is -3.61. The van der Waals surface area contributed by atoms with Gasteiger partial charge in [-0.2, -0.15) is 0 Å². The van der Waals surface area contributed by atoms with Gasteiger partial charge < -0.3 is 14.8 Å². The van der Waals surface area contributed by atoms with E-state index in [1.165, 1.54) is 0 Å². The third-order valence-electron chi connectivity index (χ3n) is 5.51. The van der Waals surface area contributed by atoms with Crippen LogP contribution in [0.1, 0.15) is 34.8 Å². The van der Waals surface area contributed by atoms with Crippen LogP contribution in [0.5, 0.6) is 5.75 Å². The third-order valence-corrected chi connectivity index (χ3v) is 5.76. The summed E-state index contributed by atoms with van der Waals surface area (Å²) in [6, 6.07) is 21.9. The minimum Gasteiger partial charge on any atom is -0.449 e. The van der Waals surface area contributed by atoms with Gasteiger partial charge in [0.15, 0.2) is 11.5 Å². The molecule has 0 fully saturated rings. The topological polar surface area (TPSA) is 67.9 Å². The molecule has 180 valence electrons. The molecule has 35 heavy (non-hydrogen) atoms. The molecule has 1 aliphatic heterocycles. The number of amides is 2. The van der Waals surface area contributed by atoms with Crippen molar-refractivity contribution in [2.45, 2.75) is 19.9 Å². The number of hydrogen-bond donors (Lipinski definition) is 1. The van der Waals surface area contributed by atoms with E-state index < -0.39 is 0 Å². The van der Waals surface area contributed by atoms with Crippen molar-refractivity contribution in [2.24, 2.45) is 0 Å². The highest BCUT2D eigenvalue weighted by Crippen LogP contribution is 2.36. The Balaban J connectivity index is 1.49. The Morgan fingerprint density at radius 1 is 1.06 bits per heavy atom. The average Bonchev–Trinajstić information content (AvgIpc) is 2.88. The minimum atomic E-state index is -0.241. The Morgan fingerprint density at radius 3 is 2.54 bits per heavy atom. The second-order valence-electron chi connectivity index (χ2n) is 8.02. The fourth-order valence-electron chi connectivity index (χ4n) is 3.70. The zero-order valence-corrected chi connectivity index (χ0v) is 20.3. The molecule has 2 amide bonds. The van der Waals surface area contributed by atoms with Gasteiger partial charge in [0, 0.05) is 30.3 Å². The van der Waals surface area contributed by atoms with Gasteiger partial charge >= 0.3 is 0 Å². The number of ether oxygens (including phenoxy) is 2. The third kappa shape index (κ3) is 6.29. The van der Waals surface area contributed by atoms with Crippen LogP contribution < -0.4 is 15.0 Å². The van der Waals surface area contributed by atoms with Gasteiger partial charge in [-0.15, -0.1) is 0 Å². The summed E-state index contributed by atoms with van der Waals surface area (Å²) >= 11 is 6.01. The highest BCUT2D eigenvalue weighted by atomic mass is 35.5. The molecule has 3 aromatic rings. The van der Waals surface area contributed by atoms with Gasteiger partial charge in [-0.3, -0.25) is 14.5 Å². The summed E-state index contributed by atoms with van der Waals surface area (Å²) in [6.45, 7) is 4.17. The number of rotatable bonds is 9. The molecule has 1 N–H and O–H groups in total. The van der Waals surface area contributed by atoms with Gasteiger partial charge in [-0.1, -0.05) is 48.0 Å². The lowest BCUT2D eigenvalue weighted by atomic mass is 10.1. The fraction of sp³-hybridized carbons (Fsp3) is 0.214. The minimum absolute atomic E-state index is 0.145. The van der Waals surface area contributed by atoms with Crippen molar-refractivity contribution in [3.05, 3.63) is 100 Å². The average molecular weight is 491 g/mol. The maximum Gasteiger partial charge on any atom is 0.294 e. The van der Waals surface area contributed by atoms with E-state index in [0.29, 0.717) is 48.3 Å². The van der Waals surface area contributed by atoms with Gasteiger partial charge in [0.2, 0.25) is 0 Å². The molecule has 0 unspecified atom stereocenters. The second kappa shape index (κ2) is 11.7. The monoisotopic (exact) mass is 490 g/mol. The number of para-hydroxylation sites is 2. The van der Waals surface area contributed by atoms with Gasteiger partial charge in [-0.05, 0) is 66.9 Å². The fourth-order valence-corrected chi connectivity index (χ4v) is 3.82. The molecule has 0 aliphatic carbocycles. The van der Waals surface area contributed by atoms with E-state index in [1.807, 2.05) is 43.3 Å². The standard InChI is InChI=1S/C28H27ClN2O4/c1-2-34-17-5-16-30-27(32)22-12-8-20(9-13-22)18-26-28(33)31(19-21-10-14-23(29)15-11-21)24-6-3-4-7-25(24)35-26/h3-4,6-15,18H,2,5,16-17,19H2,1H3,(H,30,32)/b26-18-. The first-order chi connectivity index (χ1) is 17.0. The quantitative estimate of drug-likeness (QED) is 0.319. The van der Waals surface area contributed by atoms with Crippen LogP contribution in [0.3, 0.4) is 0 Å². The molecule has 6 nitrogen and oxygen atoms in total. The van der Waals surface area contributed by atoms with Crippen LogP contribution in [0.2, 0.25) is 5.02 Å². The summed E-state index contributed by atoms with van der Waals surface area (Å²) in [5.41, 5.74) is 2.97. The lowest BCUT2D eigenvalue weighted by Crippen LogP contribution is -2.36. The lowest BCUT2D eigenvalue weighted by molar-refractivity contribution is -0.117. The van der Waals surface area contributed by atoms with E-state index in [9.17, 15) is 9.59 Å². The van der Waals surface area contributed by atoms with Crippen molar-refractivity contribution in [3.63, 3.8) is 0 Å². The Morgan fingerprint density at radius 2 is 1.80 bits per heavy atom. The summed E-state index contributed by atoms with van der Waals surface area (Å²) in [5, 5.41) is 3.53. The molecule has 0 saturated heterocycles. The molecular formula is C28H27ClN2O4. The van der Waals surface area contributed by atoms with Crippen LogP contribution in [-0.4, -0.2) is 31.6 Å². The smallest absolute Gasteiger partial charge is 0.294 e. The van der Waals surface area contributed by atoms with Crippen LogP contribution in [0.4, 0.5) is 5.69 Å². The Labute approximate surface area is 210 Å². The van der Waals surface area contributed by atoms with Gasteiger partial charge in [0.25, 0.3) is 11.8 Å². The highest BCUT2D eigenvalue weighted by molar-refractivity contribution is 6.30. The van der Waals surface area contributed by atoms with Gasteiger partial charge in [0.05, 0.1) is 12.2 Å². The van der Waals surface area contributed by atoms with E-state index >= 15 is 0 Å². The lowest BCUT2D eigenvalue weighted by Gasteiger charge is -2.30. The first kappa shape index (κ1) is 24.5. The number of anilines is 1. The SMILES string of the molecule is CCOCCCNC(=O)c1ccc(/C=C2\Oc3ccccc3N(Cc3ccc(Cl)cc3)C2=O)cc1. The number of halogens is 1. The Bertz CT molecular complexity index is 1210. The molecule has 3 aromatic carbocycles. The summed E-state index contributed by atoms with van der Waals surface area (Å²) in [6.07, 6.45) is 2.45. The molecule has 0 aromatic heterocycles. The first-order valence-corrected chi connectivity index (χ1v) is 11.9. The summed E-state index contributed by atoms with van der Waals surface area (Å²) < 4.78 is 11.2. The van der Waals surface area contributed by atoms with E-state index in [4.69, 9.17) is 21.1 Å². The maximum absolute atomic E-state index is 13.4. The van der Waals surface area contributed by atoms with Crippen molar-refractivity contribution < 1.29 is 19.1 Å². The number of carbonyl (C=O) groups is 2. The van der Waals surface area contributed by atoms with Crippen LogP contribution in [0, 0.1) is 0 Å². The van der Waals surface area contributed by atoms with Crippen LogP contribution >= 0.6 is 11.6 Å². The molecule has 1 aliphatic rings. The number of carbonyl (C=O) groups excluding carboxylic acids is 2. The molecule has 1 heterocycles. The van der Waals surface area contributed by atoms with Gasteiger partial charge in [-0.25, -0.2) is 0 Å². The molecule has 0 radical (unpaired) electrons. The second-order valence-corrected chi connectivity index (χ2v) is 8.46. The van der Waals surface area contributed by atoms with E-state index in [-0.39, 0.29) is 17.6 Å². The van der Waals surface area contributed by atoms with E-state index in [1.54, 1.807) is 47.4 Å².